The Morgan fingerprint density at radius 1 is 1.03 bits per heavy atom. The van der Waals surface area contributed by atoms with Gasteiger partial charge in [-0.2, -0.15) is 0 Å². The molecular formula is C25H23N5O2. The second-order valence-electron chi connectivity index (χ2n) is 8.60. The first kappa shape index (κ1) is 19.1. The monoisotopic (exact) mass is 425 g/mol. The maximum Gasteiger partial charge on any atom is 0.265 e. The van der Waals surface area contributed by atoms with Gasteiger partial charge in [0.2, 0.25) is 0 Å². The van der Waals surface area contributed by atoms with Crippen LogP contribution in [0, 0.1) is 13.8 Å². The molecule has 7 nitrogen and oxygen atoms in total. The highest BCUT2D eigenvalue weighted by Gasteiger charge is 2.23. The zero-order valence-corrected chi connectivity index (χ0v) is 18.1. The number of para-hydroxylation sites is 2. The summed E-state index contributed by atoms with van der Waals surface area (Å²) >= 11 is 0. The first-order chi connectivity index (χ1) is 15.6. The zero-order chi connectivity index (χ0) is 21.8. The predicted octanol–water partition coefficient (Wildman–Crippen LogP) is 4.08. The van der Waals surface area contributed by atoms with Crippen molar-refractivity contribution < 1.29 is 4.74 Å². The number of ether oxygens (including phenoxy) is 1. The minimum Gasteiger partial charge on any atom is -0.376 e. The second kappa shape index (κ2) is 7.24. The van der Waals surface area contributed by atoms with Gasteiger partial charge in [0.05, 0.1) is 23.7 Å². The predicted molar refractivity (Wildman–Crippen MR) is 124 cm³/mol. The molecule has 0 N–H and O–H groups in total. The van der Waals surface area contributed by atoms with Crippen LogP contribution in [0.25, 0.3) is 38.9 Å². The zero-order valence-electron chi connectivity index (χ0n) is 18.1. The SMILES string of the molecule is Cc1cc(C)cc(-n2c3nc4ccccc4nc3c3c(=O)n(C[C@H]4CCCO4)cnc32)c1. The summed E-state index contributed by atoms with van der Waals surface area (Å²) in [4.78, 5) is 28.1. The summed E-state index contributed by atoms with van der Waals surface area (Å²) in [7, 11) is 0. The molecule has 0 radical (unpaired) electrons. The van der Waals surface area contributed by atoms with Gasteiger partial charge in [-0.15, -0.1) is 0 Å². The standard InChI is InChI=1S/C25H23N5O2/c1-15-10-16(2)12-17(11-15)30-23-21(22-24(30)28-20-8-4-3-7-19(20)27-22)25(31)29(14-26-23)13-18-6-5-9-32-18/h3-4,7-8,10-12,14,18H,5-6,9,13H2,1-2H3/t18-/m1/s1. The second-order valence-corrected chi connectivity index (χ2v) is 8.60. The van der Waals surface area contributed by atoms with E-state index in [4.69, 9.17) is 19.7 Å². The molecule has 2 aromatic carbocycles. The Bertz CT molecular complexity index is 1540. The molecule has 5 aromatic rings. The summed E-state index contributed by atoms with van der Waals surface area (Å²) in [6.45, 7) is 5.37. The Labute approximate surface area is 184 Å². The third-order valence-electron chi connectivity index (χ3n) is 6.12. The fourth-order valence-corrected chi connectivity index (χ4v) is 4.73. The highest BCUT2D eigenvalue weighted by Crippen LogP contribution is 2.29. The molecule has 0 saturated carbocycles. The van der Waals surface area contributed by atoms with Crippen molar-refractivity contribution in [1.82, 2.24) is 24.1 Å². The fourth-order valence-electron chi connectivity index (χ4n) is 4.73. The molecule has 1 fully saturated rings. The molecule has 0 spiro atoms. The van der Waals surface area contributed by atoms with Crippen molar-refractivity contribution in [2.75, 3.05) is 6.61 Å². The number of rotatable bonds is 3. The van der Waals surface area contributed by atoms with Gasteiger partial charge >= 0.3 is 0 Å². The average molecular weight is 425 g/mol. The minimum absolute atomic E-state index is 0.0478. The summed E-state index contributed by atoms with van der Waals surface area (Å²) in [6, 6.07) is 14.0. The van der Waals surface area contributed by atoms with Crippen molar-refractivity contribution in [2.24, 2.45) is 0 Å². The van der Waals surface area contributed by atoms with Crippen LogP contribution >= 0.6 is 0 Å². The van der Waals surface area contributed by atoms with Gasteiger partial charge < -0.3 is 4.74 Å². The van der Waals surface area contributed by atoms with E-state index in [0.717, 1.165) is 47.3 Å². The van der Waals surface area contributed by atoms with Gasteiger partial charge in [-0.1, -0.05) is 18.2 Å². The van der Waals surface area contributed by atoms with Crippen molar-refractivity contribution in [3.8, 4) is 5.69 Å². The number of nitrogens with zero attached hydrogens (tertiary/aromatic N) is 5. The van der Waals surface area contributed by atoms with E-state index < -0.39 is 0 Å². The molecule has 1 aliphatic rings. The van der Waals surface area contributed by atoms with Crippen LogP contribution in [0.2, 0.25) is 0 Å². The van der Waals surface area contributed by atoms with Gasteiger partial charge in [0, 0.05) is 12.3 Å². The van der Waals surface area contributed by atoms with Crippen LogP contribution < -0.4 is 5.56 Å². The van der Waals surface area contributed by atoms with E-state index in [1.165, 1.54) is 0 Å². The molecule has 0 amide bonds. The molecule has 1 atom stereocenters. The molecule has 7 heteroatoms. The Morgan fingerprint density at radius 3 is 2.50 bits per heavy atom. The molecule has 4 heterocycles. The molecule has 1 saturated heterocycles. The Morgan fingerprint density at radius 2 is 1.78 bits per heavy atom. The third-order valence-corrected chi connectivity index (χ3v) is 6.12. The van der Waals surface area contributed by atoms with Crippen molar-refractivity contribution in [1.29, 1.82) is 0 Å². The number of aryl methyl sites for hydroxylation is 2. The number of aromatic nitrogens is 5. The van der Waals surface area contributed by atoms with E-state index in [-0.39, 0.29) is 11.7 Å². The minimum atomic E-state index is -0.108. The molecule has 6 rings (SSSR count). The van der Waals surface area contributed by atoms with Crippen LogP contribution in [0.15, 0.2) is 53.6 Å². The van der Waals surface area contributed by atoms with Crippen LogP contribution in [-0.4, -0.2) is 36.8 Å². The lowest BCUT2D eigenvalue weighted by atomic mass is 10.1. The molecule has 0 aliphatic carbocycles. The molecule has 0 unspecified atom stereocenters. The molecule has 1 aliphatic heterocycles. The highest BCUT2D eigenvalue weighted by molar-refractivity contribution is 6.05. The van der Waals surface area contributed by atoms with Crippen LogP contribution in [0.4, 0.5) is 0 Å². The van der Waals surface area contributed by atoms with E-state index in [1.807, 2.05) is 28.8 Å². The van der Waals surface area contributed by atoms with E-state index in [9.17, 15) is 4.79 Å². The summed E-state index contributed by atoms with van der Waals surface area (Å²) in [6.07, 6.45) is 3.66. The van der Waals surface area contributed by atoms with E-state index in [0.29, 0.717) is 28.7 Å². The molecule has 3 aromatic heterocycles. The summed E-state index contributed by atoms with van der Waals surface area (Å²) in [5.74, 6) is 0. The number of hydrogen-bond acceptors (Lipinski definition) is 5. The maximum atomic E-state index is 13.6. The Balaban J connectivity index is 1.70. The van der Waals surface area contributed by atoms with Gasteiger partial charge in [0.15, 0.2) is 11.3 Å². The van der Waals surface area contributed by atoms with Gasteiger partial charge in [-0.25, -0.2) is 15.0 Å². The summed E-state index contributed by atoms with van der Waals surface area (Å²) in [5.41, 5.74) is 6.43. The van der Waals surface area contributed by atoms with Crippen LogP contribution in [0.1, 0.15) is 24.0 Å². The number of hydrogen-bond donors (Lipinski definition) is 0. The molecule has 0 bridgehead atoms. The first-order valence-electron chi connectivity index (χ1n) is 10.9. The lowest BCUT2D eigenvalue weighted by molar-refractivity contribution is 0.0960. The van der Waals surface area contributed by atoms with Crippen molar-refractivity contribution in [2.45, 2.75) is 39.3 Å². The van der Waals surface area contributed by atoms with Gasteiger partial charge in [-0.3, -0.25) is 13.9 Å². The fraction of sp³-hybridized carbons (Fsp3) is 0.280. The topological polar surface area (TPSA) is 74.8 Å². The highest BCUT2D eigenvalue weighted by atomic mass is 16.5. The third kappa shape index (κ3) is 3.00. The van der Waals surface area contributed by atoms with Gasteiger partial charge in [0.25, 0.3) is 5.56 Å². The Kier molecular flexibility index (Phi) is 4.33. The summed E-state index contributed by atoms with van der Waals surface area (Å²) < 4.78 is 9.36. The number of benzene rings is 2. The van der Waals surface area contributed by atoms with Gasteiger partial charge in [0.1, 0.15) is 17.2 Å². The molecular weight excluding hydrogens is 402 g/mol. The lowest BCUT2D eigenvalue weighted by Crippen LogP contribution is -2.26. The van der Waals surface area contributed by atoms with Crippen molar-refractivity contribution in [3.05, 3.63) is 70.3 Å². The quantitative estimate of drug-likeness (QED) is 0.435. The van der Waals surface area contributed by atoms with E-state index in [2.05, 4.69) is 32.0 Å². The smallest absolute Gasteiger partial charge is 0.265 e. The van der Waals surface area contributed by atoms with Crippen LogP contribution in [0.5, 0.6) is 0 Å². The van der Waals surface area contributed by atoms with Crippen molar-refractivity contribution in [3.63, 3.8) is 0 Å². The normalized spacial score (nSPS) is 16.5. The van der Waals surface area contributed by atoms with E-state index >= 15 is 0 Å². The van der Waals surface area contributed by atoms with E-state index in [1.54, 1.807) is 10.9 Å². The lowest BCUT2D eigenvalue weighted by Gasteiger charge is -2.12. The van der Waals surface area contributed by atoms with Crippen molar-refractivity contribution >= 4 is 33.2 Å². The maximum absolute atomic E-state index is 13.6. The summed E-state index contributed by atoms with van der Waals surface area (Å²) in [5, 5.41) is 0.498. The number of fused-ring (bicyclic) bond motifs is 4. The average Bonchev–Trinajstić information content (AvgIpc) is 3.39. The largest absolute Gasteiger partial charge is 0.376 e. The van der Waals surface area contributed by atoms with Gasteiger partial charge in [-0.05, 0) is 62.1 Å². The van der Waals surface area contributed by atoms with Crippen LogP contribution in [0.3, 0.4) is 0 Å². The van der Waals surface area contributed by atoms with Crippen LogP contribution in [-0.2, 0) is 11.3 Å². The molecule has 32 heavy (non-hydrogen) atoms. The first-order valence-corrected chi connectivity index (χ1v) is 10.9. The molecule has 160 valence electrons. The Hall–Kier alpha value is -3.58.